The fourth-order valence-corrected chi connectivity index (χ4v) is 1.93. The van der Waals surface area contributed by atoms with E-state index < -0.39 is 5.60 Å². The first-order valence-corrected chi connectivity index (χ1v) is 7.72. The van der Waals surface area contributed by atoms with Gasteiger partial charge in [0.1, 0.15) is 17.4 Å². The third-order valence-electron chi connectivity index (χ3n) is 3.10. The fourth-order valence-electron chi connectivity index (χ4n) is 1.93. The minimum atomic E-state index is -0.849. The highest BCUT2D eigenvalue weighted by molar-refractivity contribution is 5.93. The van der Waals surface area contributed by atoms with E-state index in [0.29, 0.717) is 35.2 Å². The van der Waals surface area contributed by atoms with Crippen LogP contribution in [0.4, 0.5) is 17.6 Å². The van der Waals surface area contributed by atoms with Gasteiger partial charge >= 0.3 is 0 Å². The van der Waals surface area contributed by atoms with Crippen molar-refractivity contribution in [2.75, 3.05) is 42.7 Å². The quantitative estimate of drug-likeness (QED) is 0.692. The normalized spacial score (nSPS) is 11.1. The first-order chi connectivity index (χ1) is 10.8. The second-order valence-corrected chi connectivity index (χ2v) is 6.28. The van der Waals surface area contributed by atoms with Crippen LogP contribution in [0.5, 0.6) is 0 Å². The molecule has 0 atom stereocenters. The molecule has 2 aromatic heterocycles. The number of aromatic nitrogens is 4. The molecule has 0 aliphatic heterocycles. The maximum absolute atomic E-state index is 9.91. The van der Waals surface area contributed by atoms with Crippen molar-refractivity contribution in [3.05, 3.63) is 6.33 Å². The first-order valence-electron chi connectivity index (χ1n) is 7.72. The van der Waals surface area contributed by atoms with Crippen LogP contribution in [0.3, 0.4) is 0 Å². The van der Waals surface area contributed by atoms with Gasteiger partial charge in [0.15, 0.2) is 11.6 Å². The average Bonchev–Trinajstić information content (AvgIpc) is 2.49. The molecule has 0 spiro atoms. The molecule has 9 heteroatoms. The van der Waals surface area contributed by atoms with Crippen LogP contribution in [0.2, 0.25) is 0 Å². The summed E-state index contributed by atoms with van der Waals surface area (Å²) in [7, 11) is 3.77. The molecule has 0 aromatic carbocycles. The van der Waals surface area contributed by atoms with E-state index in [2.05, 4.69) is 37.5 Å². The zero-order chi connectivity index (χ0) is 17.0. The minimum Gasteiger partial charge on any atom is -0.389 e. The van der Waals surface area contributed by atoms with Crippen LogP contribution < -0.4 is 15.5 Å². The van der Waals surface area contributed by atoms with Gasteiger partial charge < -0.3 is 20.6 Å². The molecule has 2 rings (SSSR count). The molecule has 0 unspecified atom stereocenters. The highest BCUT2D eigenvalue weighted by atomic mass is 35.5. The molecule has 0 radical (unpaired) electrons. The molecule has 0 aliphatic carbocycles. The Bertz CT molecular complexity index is 673. The third-order valence-corrected chi connectivity index (χ3v) is 3.10. The highest BCUT2D eigenvalue weighted by Crippen LogP contribution is 2.25. The van der Waals surface area contributed by atoms with Crippen LogP contribution >= 0.6 is 12.4 Å². The number of aliphatic hydroxyl groups is 1. The lowest BCUT2D eigenvalue weighted by atomic mass is 10.1. The molecule has 2 heterocycles. The smallest absolute Gasteiger partial charge is 0.227 e. The van der Waals surface area contributed by atoms with Crippen LogP contribution in [0.15, 0.2) is 6.33 Å². The van der Waals surface area contributed by atoms with Crippen molar-refractivity contribution in [1.29, 1.82) is 0 Å². The Labute approximate surface area is 148 Å². The van der Waals surface area contributed by atoms with Crippen molar-refractivity contribution < 1.29 is 5.11 Å². The summed E-state index contributed by atoms with van der Waals surface area (Å²) in [6.07, 6.45) is 2.46. The number of anilines is 3. The standard InChI is InChI=1S/C15H25N7O.ClH/c1-6-7-16-13-10-11(20-14(21-13)22(4)5)12(19-9-18-10)17-8-15(2,3)23;/h9,23H,6-8H2,1-5H3,(H,16,20,21)(H,17,18,19);1H. The number of rotatable bonds is 7. The Morgan fingerprint density at radius 2 is 1.79 bits per heavy atom. The zero-order valence-electron chi connectivity index (χ0n) is 14.8. The average molecular weight is 356 g/mol. The Hall–Kier alpha value is -1.93. The number of nitrogens with one attached hydrogen (secondary N) is 2. The topological polar surface area (TPSA) is 99.1 Å². The number of halogens is 1. The van der Waals surface area contributed by atoms with E-state index in [0.717, 1.165) is 13.0 Å². The lowest BCUT2D eigenvalue weighted by Gasteiger charge is -2.19. The minimum absolute atomic E-state index is 0. The van der Waals surface area contributed by atoms with Crippen LogP contribution in [-0.2, 0) is 0 Å². The van der Waals surface area contributed by atoms with E-state index in [9.17, 15) is 5.11 Å². The molecule has 134 valence electrons. The predicted octanol–water partition coefficient (Wildman–Crippen LogP) is 1.91. The summed E-state index contributed by atoms with van der Waals surface area (Å²) in [4.78, 5) is 19.5. The zero-order valence-corrected chi connectivity index (χ0v) is 15.6. The molecular formula is C15H26ClN7O. The van der Waals surface area contributed by atoms with Crippen molar-refractivity contribution in [3.8, 4) is 0 Å². The van der Waals surface area contributed by atoms with Crippen molar-refractivity contribution >= 4 is 41.0 Å². The maximum Gasteiger partial charge on any atom is 0.227 e. The highest BCUT2D eigenvalue weighted by Gasteiger charge is 2.17. The molecule has 2 aromatic rings. The fraction of sp³-hybridized carbons (Fsp3) is 0.600. The van der Waals surface area contributed by atoms with Crippen molar-refractivity contribution in [2.45, 2.75) is 32.8 Å². The summed E-state index contributed by atoms with van der Waals surface area (Å²) >= 11 is 0. The van der Waals surface area contributed by atoms with Crippen LogP contribution in [0, 0.1) is 0 Å². The van der Waals surface area contributed by atoms with E-state index in [1.165, 1.54) is 6.33 Å². The molecule has 3 N–H and O–H groups in total. The van der Waals surface area contributed by atoms with Crippen molar-refractivity contribution in [3.63, 3.8) is 0 Å². The second kappa shape index (κ2) is 8.25. The second-order valence-electron chi connectivity index (χ2n) is 6.28. The third kappa shape index (κ3) is 5.04. The molecule has 0 amide bonds. The molecule has 24 heavy (non-hydrogen) atoms. The van der Waals surface area contributed by atoms with Gasteiger partial charge in [0.25, 0.3) is 0 Å². The van der Waals surface area contributed by atoms with E-state index in [4.69, 9.17) is 0 Å². The van der Waals surface area contributed by atoms with Crippen LogP contribution in [0.1, 0.15) is 27.2 Å². The predicted molar refractivity (Wildman–Crippen MR) is 100 cm³/mol. The molecule has 0 bridgehead atoms. The Morgan fingerprint density at radius 3 is 2.38 bits per heavy atom. The van der Waals surface area contributed by atoms with Gasteiger partial charge in [0.05, 0.1) is 5.60 Å². The van der Waals surface area contributed by atoms with Gasteiger partial charge in [0, 0.05) is 27.2 Å². The summed E-state index contributed by atoms with van der Waals surface area (Å²) < 4.78 is 0. The van der Waals surface area contributed by atoms with E-state index in [1.54, 1.807) is 13.8 Å². The van der Waals surface area contributed by atoms with Crippen molar-refractivity contribution in [2.24, 2.45) is 0 Å². The summed E-state index contributed by atoms with van der Waals surface area (Å²) in [6, 6.07) is 0. The van der Waals surface area contributed by atoms with Crippen molar-refractivity contribution in [1.82, 2.24) is 19.9 Å². The molecule has 0 saturated heterocycles. The van der Waals surface area contributed by atoms with Gasteiger partial charge in [0.2, 0.25) is 5.95 Å². The number of nitrogens with zero attached hydrogens (tertiary/aromatic N) is 5. The van der Waals surface area contributed by atoms with Gasteiger partial charge in [-0.1, -0.05) is 6.92 Å². The summed E-state index contributed by atoms with van der Waals surface area (Å²) in [5.74, 6) is 1.86. The number of hydrogen-bond donors (Lipinski definition) is 3. The number of fused-ring (bicyclic) bond motifs is 1. The molecular weight excluding hydrogens is 330 g/mol. The van der Waals surface area contributed by atoms with E-state index >= 15 is 0 Å². The summed E-state index contributed by atoms with van der Waals surface area (Å²) in [5.41, 5.74) is 0.448. The van der Waals surface area contributed by atoms with Gasteiger partial charge in [-0.2, -0.15) is 4.98 Å². The molecule has 8 nitrogen and oxygen atoms in total. The lowest BCUT2D eigenvalue weighted by molar-refractivity contribution is 0.0944. The Morgan fingerprint density at radius 1 is 1.08 bits per heavy atom. The van der Waals surface area contributed by atoms with Gasteiger partial charge in [-0.15, -0.1) is 12.4 Å². The van der Waals surface area contributed by atoms with Gasteiger partial charge in [-0.05, 0) is 20.3 Å². The number of hydrogen-bond acceptors (Lipinski definition) is 8. The van der Waals surface area contributed by atoms with Gasteiger partial charge in [-0.3, -0.25) is 0 Å². The Balaban J connectivity index is 0.00000288. The largest absolute Gasteiger partial charge is 0.389 e. The van der Waals surface area contributed by atoms with Crippen LogP contribution in [0.25, 0.3) is 11.0 Å². The SMILES string of the molecule is CCCNc1nc(N(C)C)nc2c(NCC(C)(C)O)ncnc12.Cl. The molecule has 0 saturated carbocycles. The Kier molecular flexibility index (Phi) is 6.92. The van der Waals surface area contributed by atoms with E-state index in [-0.39, 0.29) is 12.4 Å². The lowest BCUT2D eigenvalue weighted by Crippen LogP contribution is -2.29. The summed E-state index contributed by atoms with van der Waals surface area (Å²) in [6.45, 7) is 6.72. The first kappa shape index (κ1) is 20.1. The van der Waals surface area contributed by atoms with E-state index in [1.807, 2.05) is 19.0 Å². The van der Waals surface area contributed by atoms with Gasteiger partial charge in [-0.25, -0.2) is 15.0 Å². The maximum atomic E-state index is 9.91. The molecule has 0 fully saturated rings. The van der Waals surface area contributed by atoms with Crippen LogP contribution in [-0.4, -0.2) is 57.8 Å². The molecule has 0 aliphatic rings. The monoisotopic (exact) mass is 355 g/mol. The summed E-state index contributed by atoms with van der Waals surface area (Å²) in [5, 5.41) is 16.3.